The third-order valence-corrected chi connectivity index (χ3v) is 3.87. The summed E-state index contributed by atoms with van der Waals surface area (Å²) in [4.78, 5) is 15.2. The molecule has 1 aromatic carbocycles. The first-order valence-corrected chi connectivity index (χ1v) is 7.63. The average molecular weight is 314 g/mol. The molecule has 0 aromatic heterocycles. The molecule has 1 aromatic rings. The van der Waals surface area contributed by atoms with E-state index in [0.717, 1.165) is 6.29 Å². The van der Waals surface area contributed by atoms with Gasteiger partial charge < -0.3 is 4.72 Å². The van der Waals surface area contributed by atoms with Gasteiger partial charge in [0.1, 0.15) is 6.29 Å². The van der Waals surface area contributed by atoms with Crippen molar-refractivity contribution in [2.45, 2.75) is 6.92 Å². The molecule has 0 saturated heterocycles. The molecule has 5 heteroatoms. The molecule has 0 heterocycles. The highest BCUT2D eigenvalue weighted by Gasteiger charge is 2.12. The van der Waals surface area contributed by atoms with Crippen LogP contribution in [0.5, 0.6) is 0 Å². The summed E-state index contributed by atoms with van der Waals surface area (Å²) in [7, 11) is -1.57. The second-order valence-corrected chi connectivity index (χ2v) is 5.33. The van der Waals surface area contributed by atoms with Gasteiger partial charge in [0.2, 0.25) is 0 Å². The van der Waals surface area contributed by atoms with Crippen molar-refractivity contribution < 1.29 is 9.00 Å². The summed E-state index contributed by atoms with van der Waals surface area (Å²) in [5, 5.41) is 0. The summed E-state index contributed by atoms with van der Waals surface area (Å²) in [6.07, 6.45) is 5.35. The number of anilines is 1. The number of allylic oxidation sites excluding steroid dienone is 2. The number of aldehydes is 1. The fourth-order valence-electron chi connectivity index (χ4n) is 1.58. The van der Waals surface area contributed by atoms with Gasteiger partial charge in [-0.1, -0.05) is 25.8 Å². The minimum atomic E-state index is -1.57. The summed E-state index contributed by atoms with van der Waals surface area (Å²) in [5.74, 6) is 0. The lowest BCUT2D eigenvalue weighted by Gasteiger charge is -2.10. The van der Waals surface area contributed by atoms with Gasteiger partial charge >= 0.3 is 0 Å². The lowest BCUT2D eigenvalue weighted by molar-refractivity contribution is 0.112. The van der Waals surface area contributed by atoms with Crippen LogP contribution in [0.25, 0.3) is 0 Å². The Balaban J connectivity index is 3.13. The smallest absolute Gasteiger partial charge is 0.152 e. The Morgan fingerprint density at radius 1 is 1.23 bits per heavy atom. The molecule has 0 aliphatic rings. The van der Waals surface area contributed by atoms with Crippen molar-refractivity contribution in [2.75, 3.05) is 4.72 Å². The van der Waals surface area contributed by atoms with Gasteiger partial charge in [0, 0.05) is 17.5 Å². The largest absolute Gasteiger partial charge is 0.301 e. The maximum Gasteiger partial charge on any atom is 0.152 e. The molecule has 0 saturated carbocycles. The molecule has 0 spiro atoms. The molecule has 0 aliphatic carbocycles. The Labute approximate surface area is 133 Å². The zero-order chi connectivity index (χ0) is 16.5. The first kappa shape index (κ1) is 17.5. The normalized spacial score (nSPS) is 13.1. The summed E-state index contributed by atoms with van der Waals surface area (Å²) >= 11 is 0. The van der Waals surface area contributed by atoms with Gasteiger partial charge in [0.25, 0.3) is 0 Å². The van der Waals surface area contributed by atoms with Crippen LogP contribution in [0.1, 0.15) is 17.3 Å². The van der Waals surface area contributed by atoms with Crippen LogP contribution in [0.2, 0.25) is 0 Å². The van der Waals surface area contributed by atoms with Gasteiger partial charge in [-0.2, -0.15) is 0 Å². The van der Waals surface area contributed by atoms with Crippen molar-refractivity contribution >= 4 is 29.2 Å². The van der Waals surface area contributed by atoms with Crippen LogP contribution in [-0.4, -0.2) is 16.7 Å². The molecular weight excluding hydrogens is 296 g/mol. The summed E-state index contributed by atoms with van der Waals surface area (Å²) in [6.45, 7) is 12.9. The van der Waals surface area contributed by atoms with Crippen molar-refractivity contribution in [2.24, 2.45) is 4.99 Å². The van der Waals surface area contributed by atoms with Gasteiger partial charge in [-0.05, 0) is 42.8 Å². The Kier molecular flexibility index (Phi) is 6.92. The molecule has 22 heavy (non-hydrogen) atoms. The first-order valence-electron chi connectivity index (χ1n) is 6.48. The fourth-order valence-corrected chi connectivity index (χ4v) is 2.55. The quantitative estimate of drug-likeness (QED) is 0.451. The Bertz CT molecular complexity index is 670. The number of hydrogen-bond acceptors (Lipinski definition) is 3. The SMILES string of the molecule is C=CC(=C)/C(N=CC)=C(\C=C)S(=O)Nc1ccc(C=O)cc1. The van der Waals surface area contributed by atoms with E-state index in [1.165, 1.54) is 6.08 Å². The lowest BCUT2D eigenvalue weighted by atomic mass is 10.2. The van der Waals surface area contributed by atoms with Crippen molar-refractivity contribution in [3.63, 3.8) is 0 Å². The van der Waals surface area contributed by atoms with Gasteiger partial charge in [0.05, 0.1) is 10.6 Å². The molecule has 0 radical (unpaired) electrons. The van der Waals surface area contributed by atoms with Crippen LogP contribution in [0.15, 0.2) is 77.3 Å². The van der Waals surface area contributed by atoms with Gasteiger partial charge in [-0.25, -0.2) is 4.21 Å². The molecular formula is C17H18N2O2S. The zero-order valence-corrected chi connectivity index (χ0v) is 13.2. The minimum Gasteiger partial charge on any atom is -0.301 e. The number of rotatable bonds is 8. The molecule has 0 bridgehead atoms. The number of carbonyl (C=O) groups excluding carboxylic acids is 1. The second-order valence-electron chi connectivity index (χ2n) is 4.14. The highest BCUT2D eigenvalue weighted by atomic mass is 32.2. The highest BCUT2D eigenvalue weighted by Crippen LogP contribution is 2.21. The molecule has 4 nitrogen and oxygen atoms in total. The number of nitrogens with one attached hydrogen (secondary N) is 1. The van der Waals surface area contributed by atoms with Crippen LogP contribution in [0, 0.1) is 0 Å². The van der Waals surface area contributed by atoms with E-state index in [2.05, 4.69) is 29.5 Å². The molecule has 1 atom stereocenters. The van der Waals surface area contributed by atoms with E-state index in [1.807, 2.05) is 0 Å². The van der Waals surface area contributed by atoms with Crippen LogP contribution in [0.3, 0.4) is 0 Å². The summed E-state index contributed by atoms with van der Waals surface area (Å²) < 4.78 is 15.3. The Hall–Kier alpha value is -2.53. The van der Waals surface area contributed by atoms with Crippen molar-refractivity contribution in [3.8, 4) is 0 Å². The van der Waals surface area contributed by atoms with Gasteiger partial charge in [-0.15, -0.1) is 0 Å². The summed E-state index contributed by atoms with van der Waals surface area (Å²) in [5.41, 5.74) is 2.18. The fraction of sp³-hybridized carbons (Fsp3) is 0.0588. The molecule has 0 amide bonds. The van der Waals surface area contributed by atoms with Crippen LogP contribution < -0.4 is 4.72 Å². The number of nitrogens with zero attached hydrogens (tertiary/aromatic N) is 1. The van der Waals surface area contributed by atoms with E-state index >= 15 is 0 Å². The van der Waals surface area contributed by atoms with E-state index in [-0.39, 0.29) is 0 Å². The highest BCUT2D eigenvalue weighted by molar-refractivity contribution is 7.90. The van der Waals surface area contributed by atoms with E-state index in [1.54, 1.807) is 43.5 Å². The standard InChI is InChI=1S/C17H18N2O2S/c1-5-13(4)17(18-7-3)16(6-2)22(21)19-15-10-8-14(12-20)9-11-15/h5-12,19H,1-2,4H2,3H3/b17-16-,18-7?. The Morgan fingerprint density at radius 3 is 2.32 bits per heavy atom. The lowest BCUT2D eigenvalue weighted by Crippen LogP contribution is -2.08. The van der Waals surface area contributed by atoms with Crippen molar-refractivity contribution in [3.05, 3.63) is 77.9 Å². The Morgan fingerprint density at radius 2 is 1.86 bits per heavy atom. The van der Waals surface area contributed by atoms with Crippen molar-refractivity contribution in [1.82, 2.24) is 0 Å². The van der Waals surface area contributed by atoms with E-state index in [4.69, 9.17) is 0 Å². The molecule has 0 fully saturated rings. The molecule has 114 valence electrons. The molecule has 1 unspecified atom stereocenters. The second kappa shape index (κ2) is 8.69. The third kappa shape index (κ3) is 4.49. The maximum absolute atomic E-state index is 12.5. The number of benzene rings is 1. The number of carbonyl (C=O) groups is 1. The van der Waals surface area contributed by atoms with E-state index in [0.29, 0.717) is 27.4 Å². The summed E-state index contributed by atoms with van der Waals surface area (Å²) in [6, 6.07) is 6.62. The minimum absolute atomic E-state index is 0.405. The topological polar surface area (TPSA) is 58.5 Å². The van der Waals surface area contributed by atoms with Crippen LogP contribution >= 0.6 is 0 Å². The van der Waals surface area contributed by atoms with Gasteiger partial charge in [0.15, 0.2) is 11.0 Å². The number of aliphatic imine (C=N–C) groups is 1. The first-order chi connectivity index (χ1) is 10.6. The predicted octanol–water partition coefficient (Wildman–Crippen LogP) is 3.81. The zero-order valence-electron chi connectivity index (χ0n) is 12.4. The van der Waals surface area contributed by atoms with E-state index < -0.39 is 11.0 Å². The predicted molar refractivity (Wildman–Crippen MR) is 94.3 cm³/mol. The molecule has 1 N–H and O–H groups in total. The monoisotopic (exact) mass is 314 g/mol. The average Bonchev–Trinajstić information content (AvgIpc) is 2.54. The third-order valence-electron chi connectivity index (χ3n) is 2.68. The number of hydrogen-bond donors (Lipinski definition) is 1. The van der Waals surface area contributed by atoms with Crippen molar-refractivity contribution in [1.29, 1.82) is 0 Å². The van der Waals surface area contributed by atoms with Crippen LogP contribution in [-0.2, 0) is 11.0 Å². The molecule has 1 rings (SSSR count). The van der Waals surface area contributed by atoms with Gasteiger partial charge in [-0.3, -0.25) is 9.79 Å². The van der Waals surface area contributed by atoms with E-state index in [9.17, 15) is 9.00 Å². The molecule has 0 aliphatic heterocycles. The maximum atomic E-state index is 12.5. The van der Waals surface area contributed by atoms with Crippen LogP contribution in [0.4, 0.5) is 5.69 Å².